The van der Waals surface area contributed by atoms with Crippen LogP contribution < -0.4 is 0 Å². The smallest absolute Gasteiger partial charge is 0.0900 e. The molecular weight excluding hydrogens is 276 g/mol. The van der Waals surface area contributed by atoms with Crippen LogP contribution in [-0.4, -0.2) is 66.4 Å². The van der Waals surface area contributed by atoms with E-state index in [2.05, 4.69) is 47.1 Å². The van der Waals surface area contributed by atoms with E-state index in [4.69, 9.17) is 4.74 Å². The van der Waals surface area contributed by atoms with Crippen LogP contribution in [0.4, 0.5) is 0 Å². The number of aliphatic hydroxyl groups excluding tert-OH is 1. The highest BCUT2D eigenvalue weighted by Crippen LogP contribution is 2.13. The maximum atomic E-state index is 10.1. The molecule has 0 aromatic heterocycles. The van der Waals surface area contributed by atoms with Crippen LogP contribution in [0.15, 0.2) is 30.3 Å². The first-order valence-electron chi connectivity index (χ1n) is 8.45. The molecule has 1 aliphatic rings. The third kappa shape index (κ3) is 5.69. The van der Waals surface area contributed by atoms with Crippen molar-refractivity contribution in [2.24, 2.45) is 0 Å². The summed E-state index contributed by atoms with van der Waals surface area (Å²) >= 11 is 0. The molecule has 124 valence electrons. The second kappa shape index (κ2) is 9.26. The molecule has 0 radical (unpaired) electrons. The van der Waals surface area contributed by atoms with E-state index in [1.807, 2.05) is 6.92 Å². The normalized spacial score (nSPS) is 22.4. The fraction of sp³-hybridized carbons (Fsp3) is 0.667. The summed E-state index contributed by atoms with van der Waals surface area (Å²) in [6, 6.07) is 11.1. The Labute approximate surface area is 134 Å². The summed E-state index contributed by atoms with van der Waals surface area (Å²) in [5.74, 6) is 0. The highest BCUT2D eigenvalue weighted by Gasteiger charge is 2.23. The number of benzene rings is 1. The Balaban J connectivity index is 1.83. The molecule has 0 amide bonds. The first-order valence-corrected chi connectivity index (χ1v) is 8.45. The van der Waals surface area contributed by atoms with Crippen LogP contribution in [-0.2, 0) is 11.3 Å². The number of ether oxygens (including phenoxy) is 1. The SMILES string of the molecule is CCOC[C@@H](O)CN1CCCN(Cc2ccccc2)C[C@@H]1C. The van der Waals surface area contributed by atoms with Crippen LogP contribution in [0.1, 0.15) is 25.8 Å². The van der Waals surface area contributed by atoms with Crippen molar-refractivity contribution in [3.05, 3.63) is 35.9 Å². The Morgan fingerprint density at radius 3 is 2.77 bits per heavy atom. The standard InChI is InChI=1S/C18H30N2O2/c1-3-22-15-18(21)14-20-11-7-10-19(12-16(20)2)13-17-8-5-4-6-9-17/h4-6,8-9,16,18,21H,3,7,10-15H2,1-2H3/t16-,18-/m0/s1. The van der Waals surface area contributed by atoms with Gasteiger partial charge in [-0.3, -0.25) is 9.80 Å². The van der Waals surface area contributed by atoms with Gasteiger partial charge < -0.3 is 9.84 Å². The maximum Gasteiger partial charge on any atom is 0.0900 e. The summed E-state index contributed by atoms with van der Waals surface area (Å²) < 4.78 is 5.32. The van der Waals surface area contributed by atoms with E-state index in [-0.39, 0.29) is 6.10 Å². The third-order valence-corrected chi connectivity index (χ3v) is 4.27. The van der Waals surface area contributed by atoms with Gasteiger partial charge in [-0.2, -0.15) is 0 Å². The molecule has 1 aromatic carbocycles. The van der Waals surface area contributed by atoms with Gasteiger partial charge >= 0.3 is 0 Å². The summed E-state index contributed by atoms with van der Waals surface area (Å²) in [7, 11) is 0. The van der Waals surface area contributed by atoms with Crippen LogP contribution in [0.25, 0.3) is 0 Å². The van der Waals surface area contributed by atoms with Gasteiger partial charge in [-0.1, -0.05) is 30.3 Å². The van der Waals surface area contributed by atoms with Gasteiger partial charge in [0.25, 0.3) is 0 Å². The molecule has 0 unspecified atom stereocenters. The molecule has 1 aromatic rings. The molecule has 4 heteroatoms. The van der Waals surface area contributed by atoms with Gasteiger partial charge in [-0.05, 0) is 38.9 Å². The van der Waals surface area contributed by atoms with Crippen molar-refractivity contribution in [1.29, 1.82) is 0 Å². The summed E-state index contributed by atoms with van der Waals surface area (Å²) in [6.07, 6.45) is 0.765. The van der Waals surface area contributed by atoms with Gasteiger partial charge in [0.2, 0.25) is 0 Å². The molecule has 4 nitrogen and oxygen atoms in total. The summed E-state index contributed by atoms with van der Waals surface area (Å²) in [6.45, 7) is 10.3. The summed E-state index contributed by atoms with van der Waals surface area (Å²) in [4.78, 5) is 4.92. The first kappa shape index (κ1) is 17.4. The molecule has 2 rings (SSSR count). The van der Waals surface area contributed by atoms with E-state index in [0.29, 0.717) is 25.8 Å². The zero-order valence-electron chi connectivity index (χ0n) is 13.9. The molecule has 0 spiro atoms. The van der Waals surface area contributed by atoms with Gasteiger partial charge in [0.05, 0.1) is 12.7 Å². The topological polar surface area (TPSA) is 35.9 Å². The van der Waals surface area contributed by atoms with Crippen molar-refractivity contribution < 1.29 is 9.84 Å². The molecule has 22 heavy (non-hydrogen) atoms. The lowest BCUT2D eigenvalue weighted by molar-refractivity contribution is 0.0141. The Kier molecular flexibility index (Phi) is 7.33. The second-order valence-electron chi connectivity index (χ2n) is 6.23. The summed E-state index contributed by atoms with van der Waals surface area (Å²) in [5, 5.41) is 10.1. The molecule has 0 aliphatic carbocycles. The molecule has 1 fully saturated rings. The number of rotatable bonds is 7. The van der Waals surface area contributed by atoms with Crippen molar-refractivity contribution in [3.63, 3.8) is 0 Å². The van der Waals surface area contributed by atoms with Crippen LogP contribution in [0, 0.1) is 0 Å². The molecule has 1 saturated heterocycles. The van der Waals surface area contributed by atoms with Crippen molar-refractivity contribution in [1.82, 2.24) is 9.80 Å². The van der Waals surface area contributed by atoms with Gasteiger partial charge in [0, 0.05) is 32.3 Å². The molecule has 1 N–H and O–H groups in total. The van der Waals surface area contributed by atoms with E-state index in [1.54, 1.807) is 0 Å². The fourth-order valence-electron chi connectivity index (χ4n) is 3.13. The minimum Gasteiger partial charge on any atom is -0.389 e. The number of nitrogens with zero attached hydrogens (tertiary/aromatic N) is 2. The van der Waals surface area contributed by atoms with Crippen molar-refractivity contribution >= 4 is 0 Å². The number of hydrogen-bond donors (Lipinski definition) is 1. The van der Waals surface area contributed by atoms with E-state index in [1.165, 1.54) is 5.56 Å². The second-order valence-corrected chi connectivity index (χ2v) is 6.23. The first-order chi connectivity index (χ1) is 10.7. The molecule has 0 bridgehead atoms. The highest BCUT2D eigenvalue weighted by atomic mass is 16.5. The van der Waals surface area contributed by atoms with Gasteiger partial charge in [0.15, 0.2) is 0 Å². The van der Waals surface area contributed by atoms with Crippen LogP contribution in [0.5, 0.6) is 0 Å². The Morgan fingerprint density at radius 2 is 2.05 bits per heavy atom. The molecular formula is C18H30N2O2. The van der Waals surface area contributed by atoms with Crippen LogP contribution >= 0.6 is 0 Å². The lowest BCUT2D eigenvalue weighted by atomic mass is 10.2. The van der Waals surface area contributed by atoms with E-state index in [9.17, 15) is 5.11 Å². The average Bonchev–Trinajstić information content (AvgIpc) is 2.68. The predicted octanol–water partition coefficient (Wildman–Crippen LogP) is 1.98. The zero-order chi connectivity index (χ0) is 15.8. The van der Waals surface area contributed by atoms with Gasteiger partial charge in [-0.25, -0.2) is 0 Å². The highest BCUT2D eigenvalue weighted by molar-refractivity contribution is 5.14. The molecule has 1 heterocycles. The molecule has 0 saturated carbocycles. The monoisotopic (exact) mass is 306 g/mol. The van der Waals surface area contributed by atoms with E-state index in [0.717, 1.165) is 32.6 Å². The van der Waals surface area contributed by atoms with Crippen molar-refractivity contribution in [2.75, 3.05) is 39.4 Å². The third-order valence-electron chi connectivity index (χ3n) is 4.27. The Hall–Kier alpha value is -0.940. The van der Waals surface area contributed by atoms with Crippen molar-refractivity contribution in [3.8, 4) is 0 Å². The van der Waals surface area contributed by atoms with E-state index < -0.39 is 0 Å². The minimum atomic E-state index is -0.386. The predicted molar refractivity (Wildman–Crippen MR) is 89.9 cm³/mol. The minimum absolute atomic E-state index is 0.386. The van der Waals surface area contributed by atoms with Crippen LogP contribution in [0.3, 0.4) is 0 Å². The zero-order valence-corrected chi connectivity index (χ0v) is 13.9. The maximum absolute atomic E-state index is 10.1. The van der Waals surface area contributed by atoms with E-state index >= 15 is 0 Å². The average molecular weight is 306 g/mol. The number of hydrogen-bond acceptors (Lipinski definition) is 4. The molecule has 2 atom stereocenters. The summed E-state index contributed by atoms with van der Waals surface area (Å²) in [5.41, 5.74) is 1.37. The largest absolute Gasteiger partial charge is 0.389 e. The van der Waals surface area contributed by atoms with Gasteiger partial charge in [0.1, 0.15) is 0 Å². The quantitative estimate of drug-likeness (QED) is 0.835. The van der Waals surface area contributed by atoms with Crippen molar-refractivity contribution in [2.45, 2.75) is 39.0 Å². The fourth-order valence-corrected chi connectivity index (χ4v) is 3.13. The lowest BCUT2D eigenvalue weighted by Gasteiger charge is -2.30. The lowest BCUT2D eigenvalue weighted by Crippen LogP contribution is -2.43. The number of β-amino-alcohol motifs (C(OH)–C–C–N with tert-alkyl or cyclic N) is 1. The van der Waals surface area contributed by atoms with Crippen LogP contribution in [0.2, 0.25) is 0 Å². The van der Waals surface area contributed by atoms with Gasteiger partial charge in [-0.15, -0.1) is 0 Å². The molecule has 1 aliphatic heterocycles. The Morgan fingerprint density at radius 1 is 1.27 bits per heavy atom. The Bertz CT molecular complexity index is 413. The number of aliphatic hydroxyl groups is 1.